The highest BCUT2D eigenvalue weighted by atomic mass is 35.7. The topological polar surface area (TPSA) is 63.2 Å². The van der Waals surface area contributed by atoms with E-state index in [1.54, 1.807) is 6.92 Å². The summed E-state index contributed by atoms with van der Waals surface area (Å²) in [4.78, 5) is 12.1. The first-order valence-corrected chi connectivity index (χ1v) is 8.88. The normalized spacial score (nSPS) is 17.4. The minimum absolute atomic E-state index is 0.168. The summed E-state index contributed by atoms with van der Waals surface area (Å²) in [5.41, 5.74) is 0.562. The fourth-order valence-electron chi connectivity index (χ4n) is 2.20. The highest BCUT2D eigenvalue weighted by Gasteiger charge is 2.34. The van der Waals surface area contributed by atoms with Crippen LogP contribution in [0.1, 0.15) is 42.1 Å². The van der Waals surface area contributed by atoms with Crippen molar-refractivity contribution in [3.05, 3.63) is 28.3 Å². The summed E-state index contributed by atoms with van der Waals surface area (Å²) in [6, 6.07) is 2.52. The van der Waals surface area contributed by atoms with E-state index in [1.165, 1.54) is 12.1 Å². The van der Waals surface area contributed by atoms with E-state index >= 15 is 0 Å². The molecular weight excluding hydrogens is 321 g/mol. The Kier molecular flexibility index (Phi) is 4.06. The number of halogens is 2. The van der Waals surface area contributed by atoms with Crippen molar-refractivity contribution in [3.8, 4) is 0 Å². The number of hydrogen-bond donors (Lipinski definition) is 1. The van der Waals surface area contributed by atoms with Crippen molar-refractivity contribution in [3.63, 3.8) is 0 Å². The summed E-state index contributed by atoms with van der Waals surface area (Å²) in [7, 11) is 1.39. The second kappa shape index (κ2) is 5.20. The van der Waals surface area contributed by atoms with Crippen LogP contribution in [0.3, 0.4) is 0 Å². The molecule has 1 amide bonds. The second-order valence-electron chi connectivity index (χ2n) is 5.38. The zero-order valence-corrected chi connectivity index (χ0v) is 13.5. The van der Waals surface area contributed by atoms with Gasteiger partial charge in [-0.15, -0.1) is 0 Å². The molecule has 0 atom stereocenters. The lowest BCUT2D eigenvalue weighted by Crippen LogP contribution is -2.51. The molecule has 1 aromatic carbocycles. The summed E-state index contributed by atoms with van der Waals surface area (Å²) in [5.74, 6) is -0.325. The van der Waals surface area contributed by atoms with Gasteiger partial charge in [0.1, 0.15) is 0 Å². The van der Waals surface area contributed by atoms with Gasteiger partial charge in [0.05, 0.1) is 4.90 Å². The van der Waals surface area contributed by atoms with E-state index in [0.29, 0.717) is 5.56 Å². The summed E-state index contributed by atoms with van der Waals surface area (Å²) in [6.07, 6.45) is 2.91. The summed E-state index contributed by atoms with van der Waals surface area (Å²) >= 11 is 5.99. The van der Waals surface area contributed by atoms with Crippen molar-refractivity contribution >= 4 is 37.2 Å². The van der Waals surface area contributed by atoms with E-state index in [0.717, 1.165) is 19.3 Å². The van der Waals surface area contributed by atoms with Crippen molar-refractivity contribution < 1.29 is 13.2 Å². The van der Waals surface area contributed by atoms with Gasteiger partial charge in [-0.1, -0.05) is 11.6 Å². The third-order valence-electron chi connectivity index (χ3n) is 3.72. The Balaban J connectivity index is 2.40. The minimum atomic E-state index is -3.93. The Morgan fingerprint density at radius 2 is 1.95 bits per heavy atom. The molecule has 2 rings (SSSR count). The Bertz CT molecular complexity index is 666. The van der Waals surface area contributed by atoms with Crippen molar-refractivity contribution in [2.75, 3.05) is 0 Å². The van der Waals surface area contributed by atoms with Crippen molar-refractivity contribution in [1.29, 1.82) is 0 Å². The number of nitrogens with one attached hydrogen (secondary N) is 1. The maximum absolute atomic E-state index is 12.3. The summed E-state index contributed by atoms with van der Waals surface area (Å²) < 4.78 is 22.8. The van der Waals surface area contributed by atoms with Crippen LogP contribution in [0.25, 0.3) is 0 Å². The van der Waals surface area contributed by atoms with Crippen LogP contribution in [0.2, 0.25) is 5.02 Å². The summed E-state index contributed by atoms with van der Waals surface area (Å²) in [6.45, 7) is 3.64. The smallest absolute Gasteiger partial charge is 0.261 e. The molecule has 0 spiro atoms. The highest BCUT2D eigenvalue weighted by Crippen LogP contribution is 2.32. The van der Waals surface area contributed by atoms with Crippen molar-refractivity contribution in [1.82, 2.24) is 5.32 Å². The lowest BCUT2D eigenvalue weighted by atomic mass is 9.78. The molecule has 110 valence electrons. The van der Waals surface area contributed by atoms with E-state index in [4.69, 9.17) is 22.3 Å². The van der Waals surface area contributed by atoms with Gasteiger partial charge in [-0.25, -0.2) is 8.42 Å². The molecule has 0 radical (unpaired) electrons. The first kappa shape index (κ1) is 15.6. The van der Waals surface area contributed by atoms with Crippen LogP contribution in [-0.4, -0.2) is 19.9 Å². The van der Waals surface area contributed by atoms with Crippen LogP contribution in [0, 0.1) is 6.92 Å². The van der Waals surface area contributed by atoms with Gasteiger partial charge < -0.3 is 5.32 Å². The van der Waals surface area contributed by atoms with Gasteiger partial charge in [-0.3, -0.25) is 4.79 Å². The third-order valence-corrected chi connectivity index (χ3v) is 5.44. The second-order valence-corrected chi connectivity index (χ2v) is 8.36. The highest BCUT2D eigenvalue weighted by molar-refractivity contribution is 8.13. The molecule has 1 aliphatic rings. The number of rotatable bonds is 3. The molecule has 7 heteroatoms. The molecule has 0 unspecified atom stereocenters. The molecule has 0 saturated heterocycles. The van der Waals surface area contributed by atoms with Crippen LogP contribution in [0.5, 0.6) is 0 Å². The number of carbonyl (C=O) groups excluding carboxylic acids is 1. The molecule has 1 saturated carbocycles. The van der Waals surface area contributed by atoms with Gasteiger partial charge in [0.25, 0.3) is 15.0 Å². The maximum atomic E-state index is 12.3. The predicted octanol–water partition coefficient (Wildman–Crippen LogP) is 3.25. The van der Waals surface area contributed by atoms with E-state index in [-0.39, 0.29) is 26.9 Å². The molecule has 1 aromatic rings. The fraction of sp³-hybridized carbons (Fsp3) is 0.462. The third kappa shape index (κ3) is 3.10. The van der Waals surface area contributed by atoms with Crippen LogP contribution in [0.4, 0.5) is 0 Å². The van der Waals surface area contributed by atoms with Gasteiger partial charge in [0.2, 0.25) is 0 Å². The molecule has 1 N–H and O–H groups in total. The molecule has 1 aliphatic carbocycles. The summed E-state index contributed by atoms with van der Waals surface area (Å²) in [5, 5.41) is 3.12. The molecule has 1 fully saturated rings. The largest absolute Gasteiger partial charge is 0.347 e. The number of carbonyl (C=O) groups is 1. The Labute approximate surface area is 127 Å². The predicted molar refractivity (Wildman–Crippen MR) is 79.0 cm³/mol. The van der Waals surface area contributed by atoms with Gasteiger partial charge in [0, 0.05) is 26.8 Å². The molecule has 0 aliphatic heterocycles. The molecule has 4 nitrogen and oxygen atoms in total. The van der Waals surface area contributed by atoms with Crippen molar-refractivity contribution in [2.24, 2.45) is 0 Å². The Morgan fingerprint density at radius 1 is 1.35 bits per heavy atom. The average Bonchev–Trinajstić information content (AvgIpc) is 2.28. The fourth-order valence-corrected chi connectivity index (χ4v) is 3.27. The van der Waals surface area contributed by atoms with E-state index in [2.05, 4.69) is 5.32 Å². The Morgan fingerprint density at radius 3 is 2.40 bits per heavy atom. The molecule has 0 heterocycles. The zero-order chi connectivity index (χ0) is 15.1. The van der Waals surface area contributed by atoms with E-state index in [1.807, 2.05) is 6.92 Å². The average molecular weight is 336 g/mol. The first-order valence-electron chi connectivity index (χ1n) is 6.20. The molecule has 20 heavy (non-hydrogen) atoms. The SMILES string of the molecule is Cc1c(Cl)cc(S(=O)(=O)Cl)cc1C(=O)NC1(C)CCC1. The van der Waals surface area contributed by atoms with Crippen LogP contribution in [0.15, 0.2) is 17.0 Å². The quantitative estimate of drug-likeness (QED) is 0.862. The van der Waals surface area contributed by atoms with Crippen molar-refractivity contribution in [2.45, 2.75) is 43.5 Å². The Hall–Kier alpha value is -0.780. The van der Waals surface area contributed by atoms with Crippen LogP contribution < -0.4 is 5.32 Å². The monoisotopic (exact) mass is 335 g/mol. The maximum Gasteiger partial charge on any atom is 0.261 e. The van der Waals surface area contributed by atoms with E-state index < -0.39 is 9.05 Å². The number of hydrogen-bond acceptors (Lipinski definition) is 3. The number of amides is 1. The van der Waals surface area contributed by atoms with Gasteiger partial charge in [-0.2, -0.15) is 0 Å². The molecule has 0 bridgehead atoms. The standard InChI is InChI=1S/C13H15Cl2NO3S/c1-8-10(12(17)16-13(2)4-3-5-13)6-9(7-11(8)14)20(15,18)19/h6-7H,3-5H2,1-2H3,(H,16,17). The minimum Gasteiger partial charge on any atom is -0.347 e. The van der Waals surface area contributed by atoms with E-state index in [9.17, 15) is 13.2 Å². The lowest BCUT2D eigenvalue weighted by molar-refractivity contribution is 0.0849. The molecule has 0 aromatic heterocycles. The van der Waals surface area contributed by atoms with Crippen LogP contribution in [-0.2, 0) is 9.05 Å². The zero-order valence-electron chi connectivity index (χ0n) is 11.2. The number of benzene rings is 1. The first-order chi connectivity index (χ1) is 9.12. The molecular formula is C13H15Cl2NO3S. The van der Waals surface area contributed by atoms with Gasteiger partial charge >= 0.3 is 0 Å². The lowest BCUT2D eigenvalue weighted by Gasteiger charge is -2.39. The van der Waals surface area contributed by atoms with Gasteiger partial charge in [-0.05, 0) is 50.8 Å². The van der Waals surface area contributed by atoms with Crippen LogP contribution >= 0.6 is 22.3 Å². The van der Waals surface area contributed by atoms with Gasteiger partial charge in [0.15, 0.2) is 0 Å².